The Labute approximate surface area is 137 Å². The van der Waals surface area contributed by atoms with Gasteiger partial charge in [0, 0.05) is 45.2 Å². The third-order valence-electron chi connectivity index (χ3n) is 4.70. The number of hydrogen-bond donors (Lipinski definition) is 1. The first-order valence-electron chi connectivity index (χ1n) is 8.33. The fourth-order valence-electron chi connectivity index (χ4n) is 3.52. The van der Waals surface area contributed by atoms with Gasteiger partial charge in [-0.25, -0.2) is 0 Å². The summed E-state index contributed by atoms with van der Waals surface area (Å²) in [7, 11) is 1.63. The van der Waals surface area contributed by atoms with E-state index in [-0.39, 0.29) is 18.1 Å². The van der Waals surface area contributed by atoms with Crippen molar-refractivity contribution in [1.82, 2.24) is 15.2 Å². The number of pyridine rings is 1. The zero-order chi connectivity index (χ0) is 16.1. The van der Waals surface area contributed by atoms with Gasteiger partial charge in [0.2, 0.25) is 5.91 Å². The molecule has 1 amide bonds. The lowest BCUT2D eigenvalue weighted by Crippen LogP contribution is -2.48. The van der Waals surface area contributed by atoms with Crippen LogP contribution in [-0.2, 0) is 20.8 Å². The van der Waals surface area contributed by atoms with Gasteiger partial charge in [-0.1, -0.05) is 0 Å². The first kappa shape index (κ1) is 16.4. The fraction of sp³-hybridized carbons (Fsp3) is 0.647. The highest BCUT2D eigenvalue weighted by Crippen LogP contribution is 2.32. The summed E-state index contributed by atoms with van der Waals surface area (Å²) in [5.41, 5.74) is 1.28. The Balaban J connectivity index is 1.51. The summed E-state index contributed by atoms with van der Waals surface area (Å²) in [6, 6.07) is 4.54. The highest BCUT2D eigenvalue weighted by molar-refractivity contribution is 5.80. The van der Waals surface area contributed by atoms with Crippen LogP contribution in [0, 0.1) is 0 Å². The number of ether oxygens (including phenoxy) is 2. The van der Waals surface area contributed by atoms with Gasteiger partial charge in [0.25, 0.3) is 0 Å². The maximum Gasteiger partial charge on any atom is 0.249 e. The molecule has 6 heteroatoms. The first-order chi connectivity index (χ1) is 11.3. The average Bonchev–Trinajstić information content (AvgIpc) is 2.98. The molecule has 0 spiro atoms. The van der Waals surface area contributed by atoms with E-state index in [0.717, 1.165) is 32.4 Å². The maximum atomic E-state index is 12.1. The summed E-state index contributed by atoms with van der Waals surface area (Å²) < 4.78 is 11.0. The zero-order valence-corrected chi connectivity index (χ0v) is 13.6. The largest absolute Gasteiger partial charge is 0.383 e. The van der Waals surface area contributed by atoms with Crippen LogP contribution >= 0.6 is 0 Å². The molecule has 0 aliphatic carbocycles. The summed E-state index contributed by atoms with van der Waals surface area (Å²) in [4.78, 5) is 18.7. The highest BCUT2D eigenvalue weighted by Gasteiger charge is 2.41. The van der Waals surface area contributed by atoms with Crippen LogP contribution in [0.1, 0.15) is 24.8 Å². The van der Waals surface area contributed by atoms with E-state index in [0.29, 0.717) is 19.2 Å². The number of carbonyl (C=O) groups is 1. The third kappa shape index (κ3) is 4.07. The van der Waals surface area contributed by atoms with Gasteiger partial charge < -0.3 is 14.8 Å². The maximum absolute atomic E-state index is 12.1. The predicted octanol–water partition coefficient (Wildman–Crippen LogP) is 0.966. The minimum Gasteiger partial charge on any atom is -0.383 e. The molecule has 0 radical (unpaired) electrons. The second-order valence-corrected chi connectivity index (χ2v) is 6.21. The van der Waals surface area contributed by atoms with Crippen molar-refractivity contribution < 1.29 is 14.3 Å². The van der Waals surface area contributed by atoms with Crippen molar-refractivity contribution in [2.75, 3.05) is 26.8 Å². The molecule has 3 atom stereocenters. The van der Waals surface area contributed by atoms with Crippen molar-refractivity contribution in [3.8, 4) is 0 Å². The molecule has 1 aromatic rings. The molecule has 2 fully saturated rings. The number of amides is 1. The molecule has 126 valence electrons. The lowest BCUT2D eigenvalue weighted by Gasteiger charge is -2.35. The number of fused-ring (bicyclic) bond motifs is 1. The number of hydrogen-bond acceptors (Lipinski definition) is 5. The van der Waals surface area contributed by atoms with E-state index in [1.54, 1.807) is 7.11 Å². The molecule has 0 saturated carbocycles. The molecule has 0 unspecified atom stereocenters. The molecule has 0 bridgehead atoms. The number of aromatic nitrogens is 1. The van der Waals surface area contributed by atoms with Crippen LogP contribution < -0.4 is 5.32 Å². The van der Waals surface area contributed by atoms with Crippen molar-refractivity contribution in [1.29, 1.82) is 0 Å². The molecule has 3 rings (SSSR count). The van der Waals surface area contributed by atoms with Crippen LogP contribution in [0.5, 0.6) is 0 Å². The van der Waals surface area contributed by atoms with Gasteiger partial charge >= 0.3 is 0 Å². The molecule has 2 saturated heterocycles. The van der Waals surface area contributed by atoms with Crippen molar-refractivity contribution in [3.05, 3.63) is 30.1 Å². The average molecular weight is 319 g/mol. The van der Waals surface area contributed by atoms with E-state index in [2.05, 4.69) is 27.3 Å². The molecule has 0 aromatic carbocycles. The Kier molecular flexibility index (Phi) is 5.59. The number of methoxy groups -OCH3 is 1. The van der Waals surface area contributed by atoms with Gasteiger partial charge in [-0.05, 0) is 37.0 Å². The summed E-state index contributed by atoms with van der Waals surface area (Å²) >= 11 is 0. The SMILES string of the molecule is COCCNC(=O)[C@H]1CC[C@@H]2[C@@H](CCN2Cc2ccncc2)O1. The Morgan fingerprint density at radius 2 is 2.22 bits per heavy atom. The Hall–Kier alpha value is -1.50. The Bertz CT molecular complexity index is 511. The van der Waals surface area contributed by atoms with Crippen LogP contribution in [0.3, 0.4) is 0 Å². The van der Waals surface area contributed by atoms with E-state index >= 15 is 0 Å². The third-order valence-corrected chi connectivity index (χ3v) is 4.70. The number of carbonyl (C=O) groups excluding carboxylic acids is 1. The highest BCUT2D eigenvalue weighted by atomic mass is 16.5. The fourth-order valence-corrected chi connectivity index (χ4v) is 3.52. The number of nitrogens with zero attached hydrogens (tertiary/aromatic N) is 2. The van der Waals surface area contributed by atoms with Crippen molar-refractivity contribution >= 4 is 5.91 Å². The Morgan fingerprint density at radius 3 is 3.00 bits per heavy atom. The normalized spacial score (nSPS) is 27.6. The predicted molar refractivity (Wildman–Crippen MR) is 85.8 cm³/mol. The molecular weight excluding hydrogens is 294 g/mol. The molecule has 6 nitrogen and oxygen atoms in total. The second-order valence-electron chi connectivity index (χ2n) is 6.21. The molecule has 1 N–H and O–H groups in total. The van der Waals surface area contributed by atoms with E-state index in [1.165, 1.54) is 5.56 Å². The van der Waals surface area contributed by atoms with Gasteiger partial charge in [0.1, 0.15) is 6.10 Å². The van der Waals surface area contributed by atoms with Gasteiger partial charge in [-0.2, -0.15) is 0 Å². The van der Waals surface area contributed by atoms with Crippen LogP contribution in [0.15, 0.2) is 24.5 Å². The van der Waals surface area contributed by atoms with E-state index in [4.69, 9.17) is 9.47 Å². The van der Waals surface area contributed by atoms with Gasteiger partial charge in [0.05, 0.1) is 12.7 Å². The van der Waals surface area contributed by atoms with E-state index in [1.807, 2.05) is 12.4 Å². The summed E-state index contributed by atoms with van der Waals surface area (Å²) in [5, 5.41) is 2.87. The molecule has 23 heavy (non-hydrogen) atoms. The molecule has 2 aliphatic rings. The Morgan fingerprint density at radius 1 is 1.39 bits per heavy atom. The number of nitrogens with one attached hydrogen (secondary N) is 1. The minimum atomic E-state index is -0.311. The van der Waals surface area contributed by atoms with Crippen LogP contribution in [-0.4, -0.2) is 60.8 Å². The van der Waals surface area contributed by atoms with Crippen molar-refractivity contribution in [2.24, 2.45) is 0 Å². The molecule has 2 aliphatic heterocycles. The quantitative estimate of drug-likeness (QED) is 0.792. The van der Waals surface area contributed by atoms with Crippen LogP contribution in [0.2, 0.25) is 0 Å². The van der Waals surface area contributed by atoms with Crippen molar-refractivity contribution in [3.63, 3.8) is 0 Å². The second kappa shape index (κ2) is 7.86. The van der Waals surface area contributed by atoms with Crippen LogP contribution in [0.4, 0.5) is 0 Å². The monoisotopic (exact) mass is 319 g/mol. The summed E-state index contributed by atoms with van der Waals surface area (Å²) in [5.74, 6) is -0.00640. The molecule has 3 heterocycles. The standard InChI is InChI=1S/C17H25N3O3/c1-22-11-9-19-17(21)16-3-2-14-15(23-16)6-10-20(14)12-13-4-7-18-8-5-13/h4-5,7-8,14-16H,2-3,6,9-12H2,1H3,(H,19,21)/t14-,15-,16-/m1/s1. The zero-order valence-electron chi connectivity index (χ0n) is 13.6. The topological polar surface area (TPSA) is 63.7 Å². The summed E-state index contributed by atoms with van der Waals surface area (Å²) in [6.45, 7) is 3.02. The van der Waals surface area contributed by atoms with Gasteiger partial charge in [-0.15, -0.1) is 0 Å². The van der Waals surface area contributed by atoms with Gasteiger partial charge in [-0.3, -0.25) is 14.7 Å². The smallest absolute Gasteiger partial charge is 0.249 e. The lowest BCUT2D eigenvalue weighted by atomic mass is 9.98. The first-order valence-corrected chi connectivity index (χ1v) is 8.33. The molecular formula is C17H25N3O3. The van der Waals surface area contributed by atoms with Gasteiger partial charge in [0.15, 0.2) is 0 Å². The number of rotatable bonds is 6. The summed E-state index contributed by atoms with van der Waals surface area (Å²) in [6.07, 6.45) is 6.32. The van der Waals surface area contributed by atoms with E-state index in [9.17, 15) is 4.79 Å². The minimum absolute atomic E-state index is 0.00640. The molecule has 1 aromatic heterocycles. The van der Waals surface area contributed by atoms with Crippen LogP contribution in [0.25, 0.3) is 0 Å². The van der Waals surface area contributed by atoms with E-state index < -0.39 is 0 Å². The van der Waals surface area contributed by atoms with Crippen molar-refractivity contribution in [2.45, 2.75) is 44.1 Å². The lowest BCUT2D eigenvalue weighted by molar-refractivity contribution is -0.144. The number of likely N-dealkylation sites (tertiary alicyclic amines) is 1.